The number of ether oxygens (including phenoxy) is 1. The first kappa shape index (κ1) is 21.6. The summed E-state index contributed by atoms with van der Waals surface area (Å²) in [5.74, 6) is -0.303. The van der Waals surface area contributed by atoms with Crippen LogP contribution in [0.1, 0.15) is 41.6 Å². The summed E-state index contributed by atoms with van der Waals surface area (Å²) in [5, 5.41) is 0.270. The van der Waals surface area contributed by atoms with E-state index >= 15 is 0 Å². The van der Waals surface area contributed by atoms with Crippen LogP contribution in [0, 0.1) is 6.92 Å². The molecule has 1 heterocycles. The van der Waals surface area contributed by atoms with Gasteiger partial charge in [-0.15, -0.1) is 0 Å². The van der Waals surface area contributed by atoms with E-state index in [1.165, 1.54) is 6.07 Å². The molecule has 0 saturated carbocycles. The molecule has 0 radical (unpaired) electrons. The Bertz CT molecular complexity index is 1090. The first-order valence-electron chi connectivity index (χ1n) is 9.63. The molecule has 7 heteroatoms. The molecule has 3 rings (SSSR count). The lowest BCUT2D eigenvalue weighted by Gasteiger charge is -2.10. The minimum absolute atomic E-state index is 0.00524. The molecular weight excluding hydrogens is 397 g/mol. The number of hydrogen-bond acceptors (Lipinski definition) is 4. The normalized spacial score (nSPS) is 11.6. The number of carbonyl (C=O) groups is 1. The number of alkyl halides is 3. The molecule has 0 fully saturated rings. The standard InChI is InChI=1S/C23H21F3O4/c1-15-19(27)17-11-8-12-18(21(17)30-20(15)16-9-4-2-5-10-16)22(28)29-14-7-3-6-13-23(24,25)26/h2,4-5,8-12H,3,6-7,13-14H2,1H3. The summed E-state index contributed by atoms with van der Waals surface area (Å²) < 4.78 is 47.6. The zero-order valence-electron chi connectivity index (χ0n) is 16.4. The SMILES string of the molecule is Cc1c(-c2ccccc2)oc2c(C(=O)OCCCCCC(F)(F)F)cccc2c1=O. The van der Waals surface area contributed by atoms with Crippen molar-refractivity contribution in [1.82, 2.24) is 0 Å². The van der Waals surface area contributed by atoms with Crippen molar-refractivity contribution in [3.05, 3.63) is 69.9 Å². The van der Waals surface area contributed by atoms with Gasteiger partial charge in [-0.1, -0.05) is 36.4 Å². The van der Waals surface area contributed by atoms with Gasteiger partial charge in [0.25, 0.3) is 0 Å². The van der Waals surface area contributed by atoms with Gasteiger partial charge in [-0.3, -0.25) is 4.79 Å². The van der Waals surface area contributed by atoms with E-state index in [4.69, 9.17) is 9.15 Å². The average molecular weight is 418 g/mol. The zero-order chi connectivity index (χ0) is 21.7. The maximum Gasteiger partial charge on any atom is 0.389 e. The van der Waals surface area contributed by atoms with E-state index in [0.29, 0.717) is 29.7 Å². The fraction of sp³-hybridized carbons (Fsp3) is 0.304. The third-order valence-electron chi connectivity index (χ3n) is 4.74. The van der Waals surface area contributed by atoms with Gasteiger partial charge in [0.1, 0.15) is 11.3 Å². The second-order valence-corrected chi connectivity index (χ2v) is 7.00. The third-order valence-corrected chi connectivity index (χ3v) is 4.74. The van der Waals surface area contributed by atoms with Crippen LogP contribution in [0.15, 0.2) is 57.7 Å². The largest absolute Gasteiger partial charge is 0.462 e. The molecule has 158 valence electrons. The van der Waals surface area contributed by atoms with Crippen molar-refractivity contribution in [3.8, 4) is 11.3 Å². The maximum atomic E-state index is 12.8. The Labute approximate surface area is 171 Å². The highest BCUT2D eigenvalue weighted by molar-refractivity contribution is 6.02. The molecule has 0 aliphatic carbocycles. The van der Waals surface area contributed by atoms with Crippen LogP contribution in [0.3, 0.4) is 0 Å². The summed E-state index contributed by atoms with van der Waals surface area (Å²) in [6.45, 7) is 1.66. The van der Waals surface area contributed by atoms with Gasteiger partial charge in [-0.05, 0) is 38.3 Å². The smallest absolute Gasteiger partial charge is 0.389 e. The zero-order valence-corrected chi connectivity index (χ0v) is 16.4. The van der Waals surface area contributed by atoms with Gasteiger partial charge in [0.05, 0.1) is 12.0 Å². The number of halogens is 3. The molecule has 0 bridgehead atoms. The Balaban J connectivity index is 1.80. The Hall–Kier alpha value is -3.09. The molecule has 0 unspecified atom stereocenters. The van der Waals surface area contributed by atoms with Crippen LogP contribution in [-0.4, -0.2) is 18.8 Å². The maximum absolute atomic E-state index is 12.8. The van der Waals surface area contributed by atoms with E-state index < -0.39 is 18.6 Å². The number of fused-ring (bicyclic) bond motifs is 1. The minimum atomic E-state index is -4.17. The molecule has 2 aromatic carbocycles. The molecule has 1 aromatic heterocycles. The van der Waals surface area contributed by atoms with Crippen molar-refractivity contribution in [1.29, 1.82) is 0 Å². The quantitative estimate of drug-likeness (QED) is 0.346. The molecular formula is C23H21F3O4. The van der Waals surface area contributed by atoms with Crippen LogP contribution >= 0.6 is 0 Å². The van der Waals surface area contributed by atoms with Crippen molar-refractivity contribution in [2.24, 2.45) is 0 Å². The number of hydrogen-bond donors (Lipinski definition) is 0. The van der Waals surface area contributed by atoms with Gasteiger partial charge >= 0.3 is 12.1 Å². The predicted molar refractivity (Wildman–Crippen MR) is 107 cm³/mol. The lowest BCUT2D eigenvalue weighted by molar-refractivity contribution is -0.135. The third kappa shape index (κ3) is 5.09. The summed E-state index contributed by atoms with van der Waals surface area (Å²) in [6.07, 6.45) is -4.41. The second-order valence-electron chi connectivity index (χ2n) is 7.00. The van der Waals surface area contributed by atoms with Crippen LogP contribution in [0.2, 0.25) is 0 Å². The average Bonchev–Trinajstić information content (AvgIpc) is 2.72. The Kier molecular flexibility index (Phi) is 6.59. The summed E-state index contributed by atoms with van der Waals surface area (Å²) >= 11 is 0. The fourth-order valence-corrected chi connectivity index (χ4v) is 3.18. The topological polar surface area (TPSA) is 56.5 Å². The molecule has 0 atom stereocenters. The fourth-order valence-electron chi connectivity index (χ4n) is 3.18. The van der Waals surface area contributed by atoms with Gasteiger partial charge in [0.15, 0.2) is 11.0 Å². The van der Waals surface area contributed by atoms with Crippen LogP contribution < -0.4 is 5.43 Å². The Morgan fingerprint density at radius 2 is 1.73 bits per heavy atom. The van der Waals surface area contributed by atoms with E-state index in [2.05, 4.69) is 0 Å². The van der Waals surface area contributed by atoms with Crippen LogP contribution in [0.5, 0.6) is 0 Å². The minimum Gasteiger partial charge on any atom is -0.462 e. The first-order chi connectivity index (χ1) is 14.3. The van der Waals surface area contributed by atoms with Crippen LogP contribution in [0.4, 0.5) is 13.2 Å². The van der Waals surface area contributed by atoms with Crippen molar-refractivity contribution < 1.29 is 27.1 Å². The summed E-state index contributed by atoms with van der Waals surface area (Å²) in [7, 11) is 0. The van der Waals surface area contributed by atoms with Gasteiger partial charge < -0.3 is 9.15 Å². The molecule has 0 aliphatic heterocycles. The Morgan fingerprint density at radius 3 is 2.43 bits per heavy atom. The van der Waals surface area contributed by atoms with E-state index in [1.54, 1.807) is 31.2 Å². The second kappa shape index (κ2) is 9.15. The number of carbonyl (C=O) groups excluding carboxylic acids is 1. The molecule has 0 N–H and O–H groups in total. The van der Waals surface area contributed by atoms with Crippen molar-refractivity contribution >= 4 is 16.9 Å². The molecule has 3 aromatic rings. The highest BCUT2D eigenvalue weighted by Crippen LogP contribution is 2.27. The molecule has 0 saturated heterocycles. The molecule has 0 spiro atoms. The van der Waals surface area contributed by atoms with Crippen LogP contribution in [-0.2, 0) is 4.74 Å². The van der Waals surface area contributed by atoms with Gasteiger partial charge in [-0.25, -0.2) is 4.79 Å². The van der Waals surface area contributed by atoms with Crippen LogP contribution in [0.25, 0.3) is 22.3 Å². The summed E-state index contributed by atoms with van der Waals surface area (Å²) in [5.41, 5.74) is 1.15. The number of unbranched alkanes of at least 4 members (excludes halogenated alkanes) is 2. The van der Waals surface area contributed by atoms with Crippen molar-refractivity contribution in [2.75, 3.05) is 6.61 Å². The highest BCUT2D eigenvalue weighted by atomic mass is 19.4. The molecule has 4 nitrogen and oxygen atoms in total. The van der Waals surface area contributed by atoms with Crippen molar-refractivity contribution in [2.45, 2.75) is 38.8 Å². The summed E-state index contributed by atoms with van der Waals surface area (Å²) in [4.78, 5) is 25.3. The van der Waals surface area contributed by atoms with E-state index in [0.717, 1.165) is 0 Å². The monoisotopic (exact) mass is 418 g/mol. The first-order valence-corrected chi connectivity index (χ1v) is 9.63. The number of esters is 1. The van der Waals surface area contributed by atoms with Gasteiger partial charge in [0.2, 0.25) is 0 Å². The van der Waals surface area contributed by atoms with Gasteiger partial charge in [0, 0.05) is 17.5 Å². The molecule has 0 amide bonds. The molecule has 0 aliphatic rings. The number of benzene rings is 2. The predicted octanol–water partition coefficient (Wildman–Crippen LogP) is 6.05. The van der Waals surface area contributed by atoms with E-state index in [9.17, 15) is 22.8 Å². The molecule has 30 heavy (non-hydrogen) atoms. The van der Waals surface area contributed by atoms with Gasteiger partial charge in [-0.2, -0.15) is 13.2 Å². The van der Waals surface area contributed by atoms with Crippen molar-refractivity contribution in [3.63, 3.8) is 0 Å². The lowest BCUT2D eigenvalue weighted by atomic mass is 10.0. The number of rotatable bonds is 7. The Morgan fingerprint density at radius 1 is 1.00 bits per heavy atom. The summed E-state index contributed by atoms with van der Waals surface area (Å²) in [6, 6.07) is 13.7. The van der Waals surface area contributed by atoms with E-state index in [-0.39, 0.29) is 35.0 Å². The number of para-hydroxylation sites is 1. The van der Waals surface area contributed by atoms with E-state index in [1.807, 2.05) is 18.2 Å². The highest BCUT2D eigenvalue weighted by Gasteiger charge is 2.25. The lowest BCUT2D eigenvalue weighted by Crippen LogP contribution is -2.12.